The molecule has 1 N–H and O–H groups in total. The summed E-state index contributed by atoms with van der Waals surface area (Å²) in [4.78, 5) is -0.0773. The molecule has 0 spiro atoms. The molecule has 32 heavy (non-hydrogen) atoms. The largest absolute Gasteiger partial charge is 0.492 e. The van der Waals surface area contributed by atoms with Crippen LogP contribution in [0.1, 0.15) is 135 Å². The van der Waals surface area contributed by atoms with Gasteiger partial charge in [-0.05, 0) is 24.0 Å². The Hall–Kier alpha value is -1.07. The maximum Gasteiger partial charge on any atom is 0.298 e. The van der Waals surface area contributed by atoms with E-state index in [-0.39, 0.29) is 16.6 Å². The highest BCUT2D eigenvalue weighted by molar-refractivity contribution is 7.86. The van der Waals surface area contributed by atoms with Crippen molar-refractivity contribution in [2.75, 3.05) is 6.61 Å². The van der Waals surface area contributed by atoms with Crippen LogP contribution in [-0.4, -0.2) is 19.6 Å². The molecule has 0 heterocycles. The fourth-order valence-corrected chi connectivity index (χ4v) is 5.19. The number of hydrogen-bond acceptors (Lipinski definition) is 3. The molecule has 0 bridgehead atoms. The van der Waals surface area contributed by atoms with Gasteiger partial charge in [0.25, 0.3) is 10.1 Å². The SMILES string of the molecule is CCCCCCCCCCCCCCCCCCOc1cccc(C(C)C)c1S(=O)(=O)O. The molecule has 0 amide bonds. The number of hydrogen-bond donors (Lipinski definition) is 1. The molecule has 1 aromatic rings. The molecule has 4 nitrogen and oxygen atoms in total. The molecule has 186 valence electrons. The van der Waals surface area contributed by atoms with Crippen molar-refractivity contribution < 1.29 is 17.7 Å². The van der Waals surface area contributed by atoms with Gasteiger partial charge in [0.05, 0.1) is 6.61 Å². The Bertz CT molecular complexity index is 698. The van der Waals surface area contributed by atoms with Gasteiger partial charge in [0.15, 0.2) is 0 Å². The minimum Gasteiger partial charge on any atom is -0.492 e. The summed E-state index contributed by atoms with van der Waals surface area (Å²) in [5.41, 5.74) is 0.594. The molecule has 0 aromatic heterocycles. The first kappa shape index (κ1) is 29.0. The highest BCUT2D eigenvalue weighted by atomic mass is 32.2. The fourth-order valence-electron chi connectivity index (χ4n) is 4.21. The zero-order valence-electron chi connectivity index (χ0n) is 20.9. The summed E-state index contributed by atoms with van der Waals surface area (Å²) in [5.74, 6) is 0.255. The summed E-state index contributed by atoms with van der Waals surface area (Å²) in [5, 5.41) is 0. The van der Waals surface area contributed by atoms with Crippen LogP contribution in [0.5, 0.6) is 5.75 Å². The van der Waals surface area contributed by atoms with Crippen LogP contribution in [0.25, 0.3) is 0 Å². The van der Waals surface area contributed by atoms with Crippen molar-refractivity contribution in [2.45, 2.75) is 134 Å². The number of benzene rings is 1. The molecule has 1 aromatic carbocycles. The maximum atomic E-state index is 11.8. The van der Waals surface area contributed by atoms with Gasteiger partial charge in [-0.1, -0.05) is 129 Å². The Labute approximate surface area is 198 Å². The van der Waals surface area contributed by atoms with Crippen LogP contribution >= 0.6 is 0 Å². The molecule has 0 saturated heterocycles. The van der Waals surface area contributed by atoms with Crippen LogP contribution in [0.15, 0.2) is 23.1 Å². The van der Waals surface area contributed by atoms with Crippen molar-refractivity contribution in [3.05, 3.63) is 23.8 Å². The normalized spacial score (nSPS) is 11.9. The fraction of sp³-hybridized carbons (Fsp3) is 0.778. The highest BCUT2D eigenvalue weighted by Gasteiger charge is 2.23. The summed E-state index contributed by atoms with van der Waals surface area (Å²) in [6.07, 6.45) is 21.0. The van der Waals surface area contributed by atoms with Crippen molar-refractivity contribution in [1.29, 1.82) is 0 Å². The Morgan fingerprint density at radius 3 is 1.59 bits per heavy atom. The second-order valence-corrected chi connectivity index (χ2v) is 10.8. The van der Waals surface area contributed by atoms with E-state index in [4.69, 9.17) is 4.74 Å². The lowest BCUT2D eigenvalue weighted by molar-refractivity contribution is 0.294. The monoisotopic (exact) mass is 468 g/mol. The molecule has 0 fully saturated rings. The van der Waals surface area contributed by atoms with Crippen molar-refractivity contribution in [2.24, 2.45) is 0 Å². The van der Waals surface area contributed by atoms with Crippen LogP contribution in [0, 0.1) is 0 Å². The number of unbranched alkanes of at least 4 members (excludes halogenated alkanes) is 15. The Kier molecular flexibility index (Phi) is 15.8. The molecule has 0 aliphatic heterocycles. The summed E-state index contributed by atoms with van der Waals surface area (Å²) in [7, 11) is -4.31. The van der Waals surface area contributed by atoms with E-state index in [1.54, 1.807) is 18.2 Å². The predicted molar refractivity (Wildman–Crippen MR) is 135 cm³/mol. The molecule has 0 aliphatic carbocycles. The molecule has 1 rings (SSSR count). The van der Waals surface area contributed by atoms with E-state index in [0.717, 1.165) is 12.8 Å². The smallest absolute Gasteiger partial charge is 0.298 e. The molecular formula is C27H48O4S. The first-order chi connectivity index (χ1) is 15.4. The van der Waals surface area contributed by atoms with Gasteiger partial charge >= 0.3 is 0 Å². The zero-order chi connectivity index (χ0) is 23.7. The lowest BCUT2D eigenvalue weighted by atomic mass is 10.0. The van der Waals surface area contributed by atoms with E-state index >= 15 is 0 Å². The minimum atomic E-state index is -4.31. The lowest BCUT2D eigenvalue weighted by Gasteiger charge is -2.15. The summed E-state index contributed by atoms with van der Waals surface area (Å²) in [6.45, 7) is 6.56. The summed E-state index contributed by atoms with van der Waals surface area (Å²) in [6, 6.07) is 5.14. The van der Waals surface area contributed by atoms with Crippen LogP contribution in [0.4, 0.5) is 0 Å². The zero-order valence-corrected chi connectivity index (χ0v) is 21.7. The Balaban J connectivity index is 2.06. The van der Waals surface area contributed by atoms with E-state index in [1.807, 2.05) is 13.8 Å². The van der Waals surface area contributed by atoms with E-state index in [1.165, 1.54) is 89.9 Å². The van der Waals surface area contributed by atoms with Crippen LogP contribution < -0.4 is 4.74 Å². The molecular weight excluding hydrogens is 420 g/mol. The molecule has 0 aliphatic rings. The van der Waals surface area contributed by atoms with Gasteiger partial charge in [0.1, 0.15) is 10.6 Å². The van der Waals surface area contributed by atoms with Crippen molar-refractivity contribution in [1.82, 2.24) is 0 Å². The van der Waals surface area contributed by atoms with Gasteiger partial charge in [-0.2, -0.15) is 8.42 Å². The van der Waals surface area contributed by atoms with E-state index < -0.39 is 10.1 Å². The van der Waals surface area contributed by atoms with Gasteiger partial charge in [-0.3, -0.25) is 4.55 Å². The number of rotatable bonds is 20. The van der Waals surface area contributed by atoms with Crippen molar-refractivity contribution >= 4 is 10.1 Å². The van der Waals surface area contributed by atoms with Crippen LogP contribution in [0.2, 0.25) is 0 Å². The minimum absolute atomic E-state index is 0.00831. The van der Waals surface area contributed by atoms with Gasteiger partial charge in [0, 0.05) is 0 Å². The first-order valence-corrected chi connectivity index (χ1v) is 14.5. The average Bonchev–Trinajstić information content (AvgIpc) is 2.75. The predicted octanol–water partition coefficient (Wildman–Crippen LogP) is 8.70. The third-order valence-electron chi connectivity index (χ3n) is 6.14. The highest BCUT2D eigenvalue weighted by Crippen LogP contribution is 2.32. The summed E-state index contributed by atoms with van der Waals surface area (Å²) >= 11 is 0. The van der Waals surface area contributed by atoms with Gasteiger partial charge in [-0.15, -0.1) is 0 Å². The van der Waals surface area contributed by atoms with E-state index in [2.05, 4.69) is 6.92 Å². The summed E-state index contributed by atoms with van der Waals surface area (Å²) < 4.78 is 39.0. The van der Waals surface area contributed by atoms with Crippen molar-refractivity contribution in [3.63, 3.8) is 0 Å². The Morgan fingerprint density at radius 1 is 0.750 bits per heavy atom. The molecule has 0 unspecified atom stereocenters. The van der Waals surface area contributed by atoms with Gasteiger partial charge in [-0.25, -0.2) is 0 Å². The van der Waals surface area contributed by atoms with Crippen LogP contribution in [-0.2, 0) is 10.1 Å². The first-order valence-electron chi connectivity index (χ1n) is 13.1. The quantitative estimate of drug-likeness (QED) is 0.153. The average molecular weight is 469 g/mol. The molecule has 0 saturated carbocycles. The van der Waals surface area contributed by atoms with Gasteiger partial charge < -0.3 is 4.74 Å². The molecule has 0 atom stereocenters. The van der Waals surface area contributed by atoms with Gasteiger partial charge in [0.2, 0.25) is 0 Å². The third-order valence-corrected chi connectivity index (χ3v) is 7.10. The van der Waals surface area contributed by atoms with E-state index in [9.17, 15) is 13.0 Å². The Morgan fingerprint density at radius 2 is 1.19 bits per heavy atom. The second kappa shape index (κ2) is 17.4. The van der Waals surface area contributed by atoms with Crippen LogP contribution in [0.3, 0.4) is 0 Å². The molecule has 5 heteroatoms. The topological polar surface area (TPSA) is 63.6 Å². The van der Waals surface area contributed by atoms with Crippen molar-refractivity contribution in [3.8, 4) is 5.75 Å². The molecule has 0 radical (unpaired) electrons. The third kappa shape index (κ3) is 12.8. The number of ether oxygens (including phenoxy) is 1. The standard InChI is InChI=1S/C27H48O4S/c1-4-5-6-7-8-9-10-11-12-13-14-15-16-17-18-19-23-31-26-22-20-21-25(24(2)3)27(26)32(28,29)30/h20-22,24H,4-19,23H2,1-3H3,(H,28,29,30). The second-order valence-electron chi connectivity index (χ2n) is 9.46. The lowest BCUT2D eigenvalue weighted by Crippen LogP contribution is -2.09. The maximum absolute atomic E-state index is 11.8. The van der Waals surface area contributed by atoms with E-state index in [0.29, 0.717) is 12.2 Å².